The zero-order valence-corrected chi connectivity index (χ0v) is 17.3. The Morgan fingerprint density at radius 2 is 1.96 bits per heavy atom. The first kappa shape index (κ1) is 21.9. The molecule has 0 spiro atoms. The first-order chi connectivity index (χ1) is 13.0. The van der Waals surface area contributed by atoms with E-state index in [4.69, 9.17) is 10.3 Å². The van der Waals surface area contributed by atoms with E-state index < -0.39 is 0 Å². The summed E-state index contributed by atoms with van der Waals surface area (Å²) in [4.78, 5) is 19.8. The lowest BCUT2D eigenvalue weighted by atomic mass is 10.0. The standard InChI is InChI=1S/C21H26N4O2.ClH/c1-14(2)18-12-17(19-15(3)24-27-20(19)23-18)21(26)25(11-7-10-22)13-16-8-5-4-6-9-16;/h4-6,8-9,12,14H,7,10-11,13,22H2,1-3H3;1H. The fourth-order valence-corrected chi connectivity index (χ4v) is 3.09. The molecule has 0 atom stereocenters. The Morgan fingerprint density at radius 1 is 1.25 bits per heavy atom. The summed E-state index contributed by atoms with van der Waals surface area (Å²) in [5, 5.41) is 4.71. The maximum Gasteiger partial charge on any atom is 0.259 e. The molecule has 0 saturated heterocycles. The van der Waals surface area contributed by atoms with Gasteiger partial charge in [-0.1, -0.05) is 49.3 Å². The fourth-order valence-electron chi connectivity index (χ4n) is 3.09. The lowest BCUT2D eigenvalue weighted by Gasteiger charge is -2.23. The van der Waals surface area contributed by atoms with Crippen molar-refractivity contribution in [2.45, 2.75) is 39.7 Å². The second-order valence-corrected chi connectivity index (χ2v) is 7.05. The van der Waals surface area contributed by atoms with Crippen molar-refractivity contribution in [2.75, 3.05) is 13.1 Å². The zero-order valence-electron chi connectivity index (χ0n) is 16.5. The molecule has 0 bridgehead atoms. The van der Waals surface area contributed by atoms with Crippen molar-refractivity contribution in [1.82, 2.24) is 15.0 Å². The lowest BCUT2D eigenvalue weighted by molar-refractivity contribution is 0.0744. The van der Waals surface area contributed by atoms with Crippen molar-refractivity contribution in [3.63, 3.8) is 0 Å². The van der Waals surface area contributed by atoms with Gasteiger partial charge in [-0.2, -0.15) is 0 Å². The molecule has 3 aromatic rings. The van der Waals surface area contributed by atoms with Crippen LogP contribution in [0, 0.1) is 6.92 Å². The Bertz CT molecular complexity index is 925. The molecule has 0 aliphatic carbocycles. The molecule has 150 valence electrons. The second kappa shape index (κ2) is 9.66. The summed E-state index contributed by atoms with van der Waals surface area (Å²) in [5.74, 6) is 0.130. The number of pyridine rings is 1. The number of carbonyl (C=O) groups excluding carboxylic acids is 1. The Kier molecular flexibility index (Phi) is 7.54. The highest BCUT2D eigenvalue weighted by atomic mass is 35.5. The number of hydrogen-bond acceptors (Lipinski definition) is 5. The molecule has 0 radical (unpaired) electrons. The zero-order chi connectivity index (χ0) is 19.4. The number of carbonyl (C=O) groups is 1. The van der Waals surface area contributed by atoms with E-state index in [1.807, 2.05) is 62.1 Å². The summed E-state index contributed by atoms with van der Waals surface area (Å²) in [5.41, 5.74) is 9.29. The minimum atomic E-state index is -0.0482. The molecule has 7 heteroatoms. The normalized spacial score (nSPS) is 10.9. The van der Waals surface area contributed by atoms with Gasteiger partial charge in [-0.05, 0) is 37.4 Å². The van der Waals surface area contributed by atoms with E-state index in [2.05, 4.69) is 10.1 Å². The number of hydrogen-bond donors (Lipinski definition) is 1. The molecule has 0 aliphatic rings. The van der Waals surface area contributed by atoms with Gasteiger partial charge in [0.1, 0.15) is 0 Å². The van der Waals surface area contributed by atoms with Crippen LogP contribution in [-0.2, 0) is 6.54 Å². The number of aromatic nitrogens is 2. The number of nitrogens with two attached hydrogens (primary N) is 1. The van der Waals surface area contributed by atoms with Crippen LogP contribution in [0.3, 0.4) is 0 Å². The van der Waals surface area contributed by atoms with Gasteiger partial charge in [0.05, 0.1) is 16.6 Å². The van der Waals surface area contributed by atoms with Gasteiger partial charge in [0, 0.05) is 18.8 Å². The molecule has 0 saturated carbocycles. The maximum absolute atomic E-state index is 13.5. The molecule has 0 unspecified atom stereocenters. The van der Waals surface area contributed by atoms with Gasteiger partial charge in [-0.3, -0.25) is 4.79 Å². The Hall–Kier alpha value is -2.44. The average molecular weight is 403 g/mol. The summed E-state index contributed by atoms with van der Waals surface area (Å²) in [7, 11) is 0. The van der Waals surface area contributed by atoms with Gasteiger partial charge in [-0.15, -0.1) is 12.4 Å². The first-order valence-corrected chi connectivity index (χ1v) is 9.31. The number of aryl methyl sites for hydroxylation is 1. The third kappa shape index (κ3) is 4.69. The number of fused-ring (bicyclic) bond motifs is 1. The van der Waals surface area contributed by atoms with Crippen molar-refractivity contribution in [2.24, 2.45) is 5.73 Å². The summed E-state index contributed by atoms with van der Waals surface area (Å²) in [6, 6.07) is 11.8. The Labute approximate surface area is 171 Å². The molecular formula is C21H27ClN4O2. The van der Waals surface area contributed by atoms with E-state index in [-0.39, 0.29) is 24.2 Å². The number of benzene rings is 1. The molecule has 28 heavy (non-hydrogen) atoms. The van der Waals surface area contributed by atoms with Gasteiger partial charge in [0.15, 0.2) is 0 Å². The van der Waals surface area contributed by atoms with Gasteiger partial charge < -0.3 is 15.2 Å². The van der Waals surface area contributed by atoms with Gasteiger partial charge in [-0.25, -0.2) is 4.98 Å². The van der Waals surface area contributed by atoms with E-state index in [0.29, 0.717) is 42.0 Å². The summed E-state index contributed by atoms with van der Waals surface area (Å²) in [6.07, 6.45) is 0.743. The van der Waals surface area contributed by atoms with Crippen LogP contribution in [0.25, 0.3) is 11.1 Å². The topological polar surface area (TPSA) is 85.2 Å². The van der Waals surface area contributed by atoms with Gasteiger partial charge in [0.25, 0.3) is 11.6 Å². The van der Waals surface area contributed by atoms with Crippen LogP contribution in [0.5, 0.6) is 0 Å². The molecule has 1 amide bonds. The largest absolute Gasteiger partial charge is 0.336 e. The first-order valence-electron chi connectivity index (χ1n) is 9.31. The molecule has 2 heterocycles. The molecule has 0 aliphatic heterocycles. The maximum atomic E-state index is 13.5. The number of halogens is 1. The fraction of sp³-hybridized carbons (Fsp3) is 0.381. The minimum Gasteiger partial charge on any atom is -0.336 e. The van der Waals surface area contributed by atoms with E-state index in [1.165, 1.54) is 0 Å². The number of nitrogens with zero attached hydrogens (tertiary/aromatic N) is 3. The molecule has 3 rings (SSSR count). The van der Waals surface area contributed by atoms with Crippen LogP contribution in [0.1, 0.15) is 53.5 Å². The van der Waals surface area contributed by atoms with Crippen LogP contribution in [0.4, 0.5) is 0 Å². The Balaban J connectivity index is 0.00000280. The van der Waals surface area contributed by atoms with Crippen molar-refractivity contribution >= 4 is 29.4 Å². The molecule has 2 N–H and O–H groups in total. The monoisotopic (exact) mass is 402 g/mol. The summed E-state index contributed by atoms with van der Waals surface area (Å²) < 4.78 is 5.36. The predicted molar refractivity (Wildman–Crippen MR) is 113 cm³/mol. The highest BCUT2D eigenvalue weighted by Crippen LogP contribution is 2.26. The van der Waals surface area contributed by atoms with Crippen molar-refractivity contribution in [3.8, 4) is 0 Å². The highest BCUT2D eigenvalue weighted by Gasteiger charge is 2.23. The minimum absolute atomic E-state index is 0. The van der Waals surface area contributed by atoms with Gasteiger partial charge >= 0.3 is 0 Å². The quantitative estimate of drug-likeness (QED) is 0.643. The third-order valence-corrected chi connectivity index (χ3v) is 4.59. The van der Waals surface area contributed by atoms with Crippen LogP contribution in [0.2, 0.25) is 0 Å². The molecule has 6 nitrogen and oxygen atoms in total. The highest BCUT2D eigenvalue weighted by molar-refractivity contribution is 6.06. The van der Waals surface area contributed by atoms with E-state index in [1.54, 1.807) is 0 Å². The molecule has 1 aromatic carbocycles. The number of amides is 1. The predicted octanol–water partition coefficient (Wildman–Crippen LogP) is 4.07. The molecule has 2 aromatic heterocycles. The Morgan fingerprint density at radius 3 is 2.61 bits per heavy atom. The van der Waals surface area contributed by atoms with Crippen molar-refractivity contribution in [1.29, 1.82) is 0 Å². The van der Waals surface area contributed by atoms with Crippen LogP contribution in [-0.4, -0.2) is 34.0 Å². The van der Waals surface area contributed by atoms with Crippen molar-refractivity contribution in [3.05, 3.63) is 58.9 Å². The second-order valence-electron chi connectivity index (χ2n) is 7.05. The van der Waals surface area contributed by atoms with E-state index >= 15 is 0 Å². The van der Waals surface area contributed by atoms with Gasteiger partial charge in [0.2, 0.25) is 0 Å². The number of rotatable bonds is 7. The van der Waals surface area contributed by atoms with Crippen LogP contribution < -0.4 is 5.73 Å². The van der Waals surface area contributed by atoms with Crippen LogP contribution in [0.15, 0.2) is 40.9 Å². The summed E-state index contributed by atoms with van der Waals surface area (Å²) in [6.45, 7) is 7.58. The molecule has 0 fully saturated rings. The smallest absolute Gasteiger partial charge is 0.259 e. The average Bonchev–Trinajstić information content (AvgIpc) is 3.05. The third-order valence-electron chi connectivity index (χ3n) is 4.59. The summed E-state index contributed by atoms with van der Waals surface area (Å²) >= 11 is 0. The van der Waals surface area contributed by atoms with E-state index in [0.717, 1.165) is 17.7 Å². The van der Waals surface area contributed by atoms with E-state index in [9.17, 15) is 4.79 Å². The lowest BCUT2D eigenvalue weighted by Crippen LogP contribution is -2.33. The van der Waals surface area contributed by atoms with Crippen molar-refractivity contribution < 1.29 is 9.32 Å². The van der Waals surface area contributed by atoms with Crippen LogP contribution >= 0.6 is 12.4 Å². The molecular weight excluding hydrogens is 376 g/mol. The SMILES string of the molecule is Cc1noc2nc(C(C)C)cc(C(=O)N(CCCN)Cc3ccccc3)c12.Cl.